The van der Waals surface area contributed by atoms with Crippen molar-refractivity contribution in [3.63, 3.8) is 0 Å². The first kappa shape index (κ1) is 15.6. The Kier molecular flexibility index (Phi) is 4.42. The van der Waals surface area contributed by atoms with Gasteiger partial charge in [0.1, 0.15) is 11.4 Å². The van der Waals surface area contributed by atoms with Crippen LogP contribution in [0.5, 0.6) is 0 Å². The number of aromatic nitrogens is 1. The number of nitrogens with two attached hydrogens (primary N) is 1. The lowest BCUT2D eigenvalue weighted by Gasteiger charge is -2.16. The SMILES string of the molecule is CC=C=C(c1onc(-c2ccc(Cl)cc2)c1N)[Si](C)(C)C. The molecule has 21 heavy (non-hydrogen) atoms. The molecule has 1 heterocycles. The molecule has 0 unspecified atom stereocenters. The Hall–Kier alpha value is -1.74. The smallest absolute Gasteiger partial charge is 0.189 e. The Morgan fingerprint density at radius 2 is 1.90 bits per heavy atom. The summed E-state index contributed by atoms with van der Waals surface area (Å²) in [6.45, 7) is 8.61. The van der Waals surface area contributed by atoms with Crippen molar-refractivity contribution in [1.29, 1.82) is 0 Å². The standard InChI is InChI=1S/C16H19ClN2OSi/c1-5-6-13(21(2,3)4)16-14(18)15(19-20-16)11-7-9-12(17)10-8-11/h5,7-10H,18H2,1-4H3. The van der Waals surface area contributed by atoms with E-state index in [1.54, 1.807) is 0 Å². The van der Waals surface area contributed by atoms with E-state index in [0.717, 1.165) is 10.8 Å². The van der Waals surface area contributed by atoms with Gasteiger partial charge in [0.05, 0.1) is 8.07 Å². The van der Waals surface area contributed by atoms with Crippen LogP contribution in [-0.2, 0) is 0 Å². The molecule has 0 bridgehead atoms. The minimum absolute atomic E-state index is 0.559. The van der Waals surface area contributed by atoms with Gasteiger partial charge in [0.15, 0.2) is 5.76 Å². The van der Waals surface area contributed by atoms with Crippen LogP contribution in [0.2, 0.25) is 24.7 Å². The van der Waals surface area contributed by atoms with Gasteiger partial charge in [0, 0.05) is 15.8 Å². The quantitative estimate of drug-likeness (QED) is 0.639. The second-order valence-corrected chi connectivity index (χ2v) is 11.3. The molecule has 1 aromatic heterocycles. The van der Waals surface area contributed by atoms with E-state index >= 15 is 0 Å². The van der Waals surface area contributed by atoms with E-state index in [1.807, 2.05) is 37.3 Å². The Balaban J connectivity index is 2.55. The fraction of sp³-hybridized carbons (Fsp3) is 0.250. The molecule has 0 aliphatic carbocycles. The van der Waals surface area contributed by atoms with Crippen LogP contribution in [0.1, 0.15) is 12.7 Å². The molecule has 0 radical (unpaired) electrons. The molecule has 0 spiro atoms. The molecule has 2 aromatic rings. The highest BCUT2D eigenvalue weighted by molar-refractivity contribution is 6.93. The number of hydrogen-bond acceptors (Lipinski definition) is 3. The molecule has 0 fully saturated rings. The zero-order valence-corrected chi connectivity index (χ0v) is 14.5. The van der Waals surface area contributed by atoms with Crippen molar-refractivity contribution >= 4 is 30.6 Å². The Morgan fingerprint density at radius 1 is 1.29 bits per heavy atom. The second-order valence-electron chi connectivity index (χ2n) is 5.84. The third kappa shape index (κ3) is 3.30. The molecule has 1 aromatic carbocycles. The van der Waals surface area contributed by atoms with Crippen molar-refractivity contribution in [2.24, 2.45) is 0 Å². The summed E-state index contributed by atoms with van der Waals surface area (Å²) in [5.74, 6) is 0.636. The molecule has 0 atom stereocenters. The fourth-order valence-electron chi connectivity index (χ4n) is 2.06. The first-order valence-electron chi connectivity index (χ1n) is 6.78. The van der Waals surface area contributed by atoms with Crippen molar-refractivity contribution in [2.45, 2.75) is 26.6 Å². The van der Waals surface area contributed by atoms with Gasteiger partial charge in [0.2, 0.25) is 0 Å². The third-order valence-electron chi connectivity index (χ3n) is 3.11. The van der Waals surface area contributed by atoms with Gasteiger partial charge >= 0.3 is 0 Å². The third-order valence-corrected chi connectivity index (χ3v) is 5.23. The van der Waals surface area contributed by atoms with Gasteiger partial charge in [-0.05, 0) is 25.1 Å². The lowest BCUT2D eigenvalue weighted by molar-refractivity contribution is 0.414. The molecule has 110 valence electrons. The number of nitrogen functional groups attached to an aromatic ring is 1. The molecule has 0 amide bonds. The largest absolute Gasteiger partial charge is 0.394 e. The molecular formula is C16H19ClN2OSi. The highest BCUT2D eigenvalue weighted by atomic mass is 35.5. The predicted molar refractivity (Wildman–Crippen MR) is 91.9 cm³/mol. The maximum Gasteiger partial charge on any atom is 0.189 e. The van der Waals surface area contributed by atoms with Crippen LogP contribution in [0.3, 0.4) is 0 Å². The summed E-state index contributed by atoms with van der Waals surface area (Å²) in [5.41, 5.74) is 11.6. The van der Waals surface area contributed by atoms with Gasteiger partial charge in [0.25, 0.3) is 0 Å². The number of halogens is 1. The van der Waals surface area contributed by atoms with Crippen LogP contribution >= 0.6 is 11.6 Å². The Labute approximate surface area is 131 Å². The average Bonchev–Trinajstić information content (AvgIpc) is 2.77. The number of benzene rings is 1. The summed E-state index contributed by atoms with van der Waals surface area (Å²) in [5, 5.41) is 5.85. The molecule has 0 saturated heterocycles. The number of hydrogen-bond donors (Lipinski definition) is 1. The summed E-state index contributed by atoms with van der Waals surface area (Å²) in [6.07, 6.45) is 1.89. The summed E-state index contributed by atoms with van der Waals surface area (Å²) in [6, 6.07) is 7.39. The van der Waals surface area contributed by atoms with Crippen LogP contribution in [0.15, 0.2) is 40.6 Å². The maximum absolute atomic E-state index is 6.26. The van der Waals surface area contributed by atoms with Crippen molar-refractivity contribution in [3.05, 3.63) is 46.9 Å². The second kappa shape index (κ2) is 5.94. The average molecular weight is 319 g/mol. The molecule has 5 heteroatoms. The molecule has 3 nitrogen and oxygen atoms in total. The van der Waals surface area contributed by atoms with E-state index in [4.69, 9.17) is 21.9 Å². The summed E-state index contributed by atoms with van der Waals surface area (Å²) < 4.78 is 5.53. The minimum atomic E-state index is -1.64. The van der Waals surface area contributed by atoms with E-state index in [9.17, 15) is 0 Å². The molecular weight excluding hydrogens is 300 g/mol. The lowest BCUT2D eigenvalue weighted by Crippen LogP contribution is -2.22. The van der Waals surface area contributed by atoms with Crippen LogP contribution in [0.25, 0.3) is 16.5 Å². The van der Waals surface area contributed by atoms with Crippen LogP contribution in [0, 0.1) is 0 Å². The fourth-order valence-corrected chi connectivity index (χ4v) is 3.63. The monoisotopic (exact) mass is 318 g/mol. The van der Waals surface area contributed by atoms with E-state index in [1.165, 1.54) is 0 Å². The van der Waals surface area contributed by atoms with E-state index in [-0.39, 0.29) is 0 Å². The molecule has 0 aliphatic heterocycles. The number of nitrogens with zero attached hydrogens (tertiary/aromatic N) is 1. The van der Waals surface area contributed by atoms with Crippen molar-refractivity contribution in [3.8, 4) is 11.3 Å². The normalized spacial score (nSPS) is 11.1. The van der Waals surface area contributed by atoms with Gasteiger partial charge in [-0.2, -0.15) is 0 Å². The summed E-state index contributed by atoms with van der Waals surface area (Å²) >= 11 is 5.91. The van der Waals surface area contributed by atoms with Gasteiger partial charge in [-0.3, -0.25) is 0 Å². The number of rotatable bonds is 3. The van der Waals surface area contributed by atoms with Crippen molar-refractivity contribution in [2.75, 3.05) is 5.73 Å². The molecule has 0 saturated carbocycles. The minimum Gasteiger partial charge on any atom is -0.394 e. The Bertz CT molecular complexity index is 705. The van der Waals surface area contributed by atoms with Crippen molar-refractivity contribution in [1.82, 2.24) is 5.16 Å². The maximum atomic E-state index is 6.26. The lowest BCUT2D eigenvalue weighted by atomic mass is 10.1. The van der Waals surface area contributed by atoms with E-state index in [0.29, 0.717) is 22.2 Å². The van der Waals surface area contributed by atoms with Gasteiger partial charge in [-0.1, -0.05) is 48.5 Å². The van der Waals surface area contributed by atoms with Crippen LogP contribution in [0.4, 0.5) is 5.69 Å². The zero-order chi connectivity index (χ0) is 15.6. The van der Waals surface area contributed by atoms with Crippen molar-refractivity contribution < 1.29 is 4.52 Å². The first-order valence-corrected chi connectivity index (χ1v) is 10.7. The van der Waals surface area contributed by atoms with Gasteiger partial charge < -0.3 is 10.3 Å². The highest BCUT2D eigenvalue weighted by Gasteiger charge is 2.28. The number of allylic oxidation sites excluding steroid dienone is 1. The van der Waals surface area contributed by atoms with Crippen LogP contribution in [-0.4, -0.2) is 13.2 Å². The van der Waals surface area contributed by atoms with Gasteiger partial charge in [-0.15, -0.1) is 5.73 Å². The summed E-state index contributed by atoms with van der Waals surface area (Å²) in [4.78, 5) is 0. The predicted octanol–water partition coefficient (Wildman–Crippen LogP) is 5.01. The summed E-state index contributed by atoms with van der Waals surface area (Å²) in [7, 11) is -1.64. The van der Waals surface area contributed by atoms with Crippen LogP contribution < -0.4 is 5.73 Å². The van der Waals surface area contributed by atoms with E-state index in [2.05, 4.69) is 30.5 Å². The molecule has 0 aliphatic rings. The molecule has 2 N–H and O–H groups in total. The number of anilines is 1. The van der Waals surface area contributed by atoms with Gasteiger partial charge in [-0.25, -0.2) is 0 Å². The topological polar surface area (TPSA) is 52.0 Å². The van der Waals surface area contributed by atoms with E-state index < -0.39 is 8.07 Å². The highest BCUT2D eigenvalue weighted by Crippen LogP contribution is 2.35. The zero-order valence-electron chi connectivity index (χ0n) is 12.7. The molecule has 2 rings (SSSR count). The first-order chi connectivity index (χ1) is 9.84. The Morgan fingerprint density at radius 3 is 2.43 bits per heavy atom.